The average Bonchev–Trinajstić information content (AvgIpc) is 3.36. The van der Waals surface area contributed by atoms with Crippen LogP contribution >= 0.6 is 11.6 Å². The lowest BCUT2D eigenvalue weighted by molar-refractivity contribution is 0.102. The summed E-state index contributed by atoms with van der Waals surface area (Å²) in [5, 5.41) is 8.41. The van der Waals surface area contributed by atoms with Gasteiger partial charge in [0.1, 0.15) is 0 Å². The number of amides is 1. The lowest BCUT2D eigenvalue weighted by atomic mass is 9.95. The maximum Gasteiger partial charge on any atom is 0.276 e. The van der Waals surface area contributed by atoms with Crippen molar-refractivity contribution in [2.45, 2.75) is 31.1 Å². The fourth-order valence-corrected chi connectivity index (χ4v) is 4.52. The number of nitrogens with one attached hydrogen (secondary N) is 1. The first-order valence-corrected chi connectivity index (χ1v) is 9.33. The SMILES string of the molecule is O=C(Nc1ccccc1)c1nn(-c2ccc(Cl)cc2)c2c1C1CCC2C1. The van der Waals surface area contributed by atoms with Crippen LogP contribution < -0.4 is 5.32 Å². The number of rotatable bonds is 3. The Kier molecular flexibility index (Phi) is 3.61. The second-order valence-electron chi connectivity index (χ2n) is 7.06. The fourth-order valence-electron chi connectivity index (χ4n) is 4.39. The zero-order valence-corrected chi connectivity index (χ0v) is 14.9. The van der Waals surface area contributed by atoms with Crippen LogP contribution in [0.3, 0.4) is 0 Å². The Balaban J connectivity index is 1.58. The van der Waals surface area contributed by atoms with E-state index in [4.69, 9.17) is 16.7 Å². The molecule has 5 heteroatoms. The average molecular weight is 364 g/mol. The van der Waals surface area contributed by atoms with Gasteiger partial charge in [-0.05, 0) is 61.6 Å². The lowest BCUT2D eigenvalue weighted by Gasteiger charge is -2.14. The van der Waals surface area contributed by atoms with Crippen molar-refractivity contribution in [3.63, 3.8) is 0 Å². The van der Waals surface area contributed by atoms with Crippen LogP contribution in [0.4, 0.5) is 5.69 Å². The fraction of sp³-hybridized carbons (Fsp3) is 0.238. The highest BCUT2D eigenvalue weighted by atomic mass is 35.5. The number of hydrogen-bond acceptors (Lipinski definition) is 2. The molecular formula is C21H18ClN3O. The van der Waals surface area contributed by atoms with Gasteiger partial charge in [0.2, 0.25) is 0 Å². The van der Waals surface area contributed by atoms with Gasteiger partial charge in [0.25, 0.3) is 5.91 Å². The van der Waals surface area contributed by atoms with Gasteiger partial charge in [0.05, 0.1) is 11.4 Å². The Labute approximate surface area is 156 Å². The number of anilines is 1. The van der Waals surface area contributed by atoms with Crippen molar-refractivity contribution in [1.82, 2.24) is 9.78 Å². The molecule has 2 bridgehead atoms. The van der Waals surface area contributed by atoms with Crippen LogP contribution in [0.1, 0.15) is 52.8 Å². The number of carbonyl (C=O) groups is 1. The van der Waals surface area contributed by atoms with Gasteiger partial charge < -0.3 is 5.32 Å². The monoisotopic (exact) mass is 363 g/mol. The molecule has 2 unspecified atom stereocenters. The van der Waals surface area contributed by atoms with Gasteiger partial charge in [-0.2, -0.15) is 5.10 Å². The van der Waals surface area contributed by atoms with E-state index in [9.17, 15) is 4.79 Å². The van der Waals surface area contributed by atoms with Crippen LogP contribution in [0.2, 0.25) is 5.02 Å². The zero-order chi connectivity index (χ0) is 17.7. The highest BCUT2D eigenvalue weighted by molar-refractivity contribution is 6.30. The highest BCUT2D eigenvalue weighted by Gasteiger charge is 2.44. The molecule has 2 aliphatic rings. The Hall–Kier alpha value is -2.59. The van der Waals surface area contributed by atoms with E-state index in [1.54, 1.807) is 0 Å². The number of para-hydroxylation sites is 1. The van der Waals surface area contributed by atoms with E-state index in [-0.39, 0.29) is 5.91 Å². The van der Waals surface area contributed by atoms with Gasteiger partial charge in [0, 0.05) is 22.2 Å². The molecule has 0 saturated heterocycles. The first-order valence-electron chi connectivity index (χ1n) is 8.96. The molecule has 3 aromatic rings. The summed E-state index contributed by atoms with van der Waals surface area (Å²) in [7, 11) is 0. The van der Waals surface area contributed by atoms with Crippen LogP contribution in [0, 0.1) is 0 Å². The number of carbonyl (C=O) groups excluding carboxylic acids is 1. The van der Waals surface area contributed by atoms with Gasteiger partial charge in [-0.25, -0.2) is 4.68 Å². The summed E-state index contributed by atoms with van der Waals surface area (Å²) in [6.45, 7) is 0. The normalized spacial score (nSPS) is 20.2. The minimum Gasteiger partial charge on any atom is -0.321 e. The van der Waals surface area contributed by atoms with Crippen LogP contribution in [0.15, 0.2) is 54.6 Å². The van der Waals surface area contributed by atoms with E-state index in [1.807, 2.05) is 59.3 Å². The predicted octanol–water partition coefficient (Wildman–Crippen LogP) is 5.14. The molecule has 2 atom stereocenters. The Morgan fingerprint density at radius 1 is 1.04 bits per heavy atom. The molecule has 1 heterocycles. The van der Waals surface area contributed by atoms with Crippen LogP contribution in [-0.2, 0) is 0 Å². The maximum atomic E-state index is 12.9. The maximum absolute atomic E-state index is 12.9. The van der Waals surface area contributed by atoms with Crippen LogP contribution in [0.25, 0.3) is 5.69 Å². The van der Waals surface area contributed by atoms with Crippen molar-refractivity contribution < 1.29 is 4.79 Å². The minimum absolute atomic E-state index is 0.132. The number of hydrogen-bond donors (Lipinski definition) is 1. The molecule has 1 fully saturated rings. The highest BCUT2D eigenvalue weighted by Crippen LogP contribution is 2.54. The zero-order valence-electron chi connectivity index (χ0n) is 14.2. The largest absolute Gasteiger partial charge is 0.321 e. The van der Waals surface area contributed by atoms with Crippen molar-refractivity contribution in [1.29, 1.82) is 0 Å². The third-order valence-electron chi connectivity index (χ3n) is 5.50. The Morgan fingerprint density at radius 2 is 1.77 bits per heavy atom. The predicted molar refractivity (Wildman–Crippen MR) is 102 cm³/mol. The molecule has 1 saturated carbocycles. The molecule has 1 aromatic heterocycles. The molecule has 2 aromatic carbocycles. The van der Waals surface area contributed by atoms with E-state index >= 15 is 0 Å². The Morgan fingerprint density at radius 3 is 2.54 bits per heavy atom. The third kappa shape index (κ3) is 2.44. The van der Waals surface area contributed by atoms with Crippen molar-refractivity contribution in [3.05, 3.63) is 76.6 Å². The van der Waals surface area contributed by atoms with Gasteiger partial charge in [-0.15, -0.1) is 0 Å². The molecule has 4 nitrogen and oxygen atoms in total. The first-order chi connectivity index (χ1) is 12.7. The lowest BCUT2D eigenvalue weighted by Crippen LogP contribution is -2.15. The summed E-state index contributed by atoms with van der Waals surface area (Å²) in [6.07, 6.45) is 3.46. The molecule has 0 radical (unpaired) electrons. The van der Waals surface area contributed by atoms with Crippen LogP contribution in [0.5, 0.6) is 0 Å². The summed E-state index contributed by atoms with van der Waals surface area (Å²) in [5.74, 6) is 0.816. The molecular weight excluding hydrogens is 346 g/mol. The standard InChI is InChI=1S/C21H18ClN3O/c22-15-8-10-17(11-9-15)25-20-14-7-6-13(12-14)18(20)19(24-25)21(26)23-16-4-2-1-3-5-16/h1-5,8-11,13-14H,6-7,12H2,(H,23,26). The summed E-state index contributed by atoms with van der Waals surface area (Å²) < 4.78 is 1.95. The minimum atomic E-state index is -0.132. The summed E-state index contributed by atoms with van der Waals surface area (Å²) in [4.78, 5) is 12.9. The van der Waals surface area contributed by atoms with Crippen molar-refractivity contribution in [3.8, 4) is 5.69 Å². The number of halogens is 1. The number of benzene rings is 2. The molecule has 1 N–H and O–H groups in total. The van der Waals surface area contributed by atoms with Crippen molar-refractivity contribution >= 4 is 23.2 Å². The second kappa shape index (κ2) is 5.99. The van der Waals surface area contributed by atoms with E-state index in [2.05, 4.69) is 5.32 Å². The molecule has 2 aliphatic carbocycles. The quantitative estimate of drug-likeness (QED) is 0.700. The van der Waals surface area contributed by atoms with E-state index < -0.39 is 0 Å². The van der Waals surface area contributed by atoms with Gasteiger partial charge in [0.15, 0.2) is 5.69 Å². The number of fused-ring (bicyclic) bond motifs is 5. The third-order valence-corrected chi connectivity index (χ3v) is 5.76. The molecule has 130 valence electrons. The van der Waals surface area contributed by atoms with Gasteiger partial charge in [-0.1, -0.05) is 29.8 Å². The molecule has 0 aliphatic heterocycles. The van der Waals surface area contributed by atoms with E-state index in [1.165, 1.54) is 12.1 Å². The van der Waals surface area contributed by atoms with Crippen LogP contribution in [-0.4, -0.2) is 15.7 Å². The molecule has 26 heavy (non-hydrogen) atoms. The van der Waals surface area contributed by atoms with E-state index in [0.717, 1.165) is 29.8 Å². The van der Waals surface area contributed by atoms with E-state index in [0.29, 0.717) is 22.6 Å². The number of nitrogens with zero attached hydrogens (tertiary/aromatic N) is 2. The smallest absolute Gasteiger partial charge is 0.276 e. The first kappa shape index (κ1) is 15.6. The summed E-state index contributed by atoms with van der Waals surface area (Å²) in [6, 6.07) is 17.2. The molecule has 1 amide bonds. The Bertz CT molecular complexity index is 978. The molecule has 5 rings (SSSR count). The second-order valence-corrected chi connectivity index (χ2v) is 7.50. The summed E-state index contributed by atoms with van der Waals surface area (Å²) in [5.41, 5.74) is 4.66. The topological polar surface area (TPSA) is 46.9 Å². The van der Waals surface area contributed by atoms with Gasteiger partial charge >= 0.3 is 0 Å². The molecule has 0 spiro atoms. The number of aromatic nitrogens is 2. The van der Waals surface area contributed by atoms with Crippen molar-refractivity contribution in [2.24, 2.45) is 0 Å². The summed E-state index contributed by atoms with van der Waals surface area (Å²) >= 11 is 6.03. The van der Waals surface area contributed by atoms with Crippen molar-refractivity contribution in [2.75, 3.05) is 5.32 Å². The van der Waals surface area contributed by atoms with Gasteiger partial charge in [-0.3, -0.25) is 4.79 Å².